The Bertz CT molecular complexity index is 201. The molecule has 0 radical (unpaired) electrons. The van der Waals surface area contributed by atoms with E-state index in [1.54, 1.807) is 7.11 Å². The van der Waals surface area contributed by atoms with Crippen molar-refractivity contribution < 1.29 is 4.74 Å². The van der Waals surface area contributed by atoms with Crippen molar-refractivity contribution in [3.63, 3.8) is 0 Å². The maximum atomic E-state index is 6.20. The van der Waals surface area contributed by atoms with Crippen molar-refractivity contribution in [2.75, 3.05) is 7.11 Å². The second kappa shape index (κ2) is 7.02. The Morgan fingerprint density at radius 1 is 1.33 bits per heavy atom. The first-order chi connectivity index (χ1) is 7.24. The van der Waals surface area contributed by atoms with Crippen LogP contribution < -0.4 is 5.73 Å². The normalized spacial score (nSPS) is 22.5. The smallest absolute Gasteiger partial charge is 0.0561 e. The molecule has 1 aliphatic carbocycles. The molecule has 1 rings (SSSR count). The van der Waals surface area contributed by atoms with Gasteiger partial charge < -0.3 is 10.5 Å². The van der Waals surface area contributed by atoms with Crippen LogP contribution in [0.5, 0.6) is 0 Å². The van der Waals surface area contributed by atoms with Crippen molar-refractivity contribution in [2.24, 2.45) is 5.73 Å². The van der Waals surface area contributed by atoms with Crippen molar-refractivity contribution in [2.45, 2.75) is 64.0 Å². The fourth-order valence-electron chi connectivity index (χ4n) is 2.16. The largest absolute Gasteiger partial charge is 0.382 e. The van der Waals surface area contributed by atoms with E-state index in [1.807, 2.05) is 0 Å². The summed E-state index contributed by atoms with van der Waals surface area (Å²) in [5.41, 5.74) is 7.65. The van der Waals surface area contributed by atoms with Gasteiger partial charge in [0.2, 0.25) is 0 Å². The molecule has 88 valence electrons. The molecule has 2 nitrogen and oxygen atoms in total. The minimum absolute atomic E-state index is 0.207. The molecule has 0 aromatic rings. The van der Waals surface area contributed by atoms with Crippen molar-refractivity contribution in [3.8, 4) is 0 Å². The molecule has 0 spiro atoms. The van der Waals surface area contributed by atoms with E-state index >= 15 is 0 Å². The summed E-state index contributed by atoms with van der Waals surface area (Å²) in [4.78, 5) is 0. The van der Waals surface area contributed by atoms with E-state index in [9.17, 15) is 0 Å². The van der Waals surface area contributed by atoms with Crippen LogP contribution in [0.25, 0.3) is 0 Å². The van der Waals surface area contributed by atoms with Gasteiger partial charge in [0.1, 0.15) is 0 Å². The minimum Gasteiger partial charge on any atom is -0.382 e. The summed E-state index contributed by atoms with van der Waals surface area (Å²) < 4.78 is 5.26. The van der Waals surface area contributed by atoms with Crippen LogP contribution in [0.1, 0.15) is 51.9 Å². The maximum absolute atomic E-state index is 6.20. The number of allylic oxidation sites excluding steroid dienone is 1. The zero-order valence-corrected chi connectivity index (χ0v) is 10.2. The highest BCUT2D eigenvalue weighted by atomic mass is 16.5. The standard InChI is InChI=1S/C13H25NO/c1-11(15-2)10-13(14)12-8-6-4-3-5-7-9-12/h8,11,13H,3-7,9-10,14H2,1-2H3. The summed E-state index contributed by atoms with van der Waals surface area (Å²) in [6.07, 6.45) is 11.4. The SMILES string of the molecule is COC(C)CC(N)C1=CCCCCCC1. The highest BCUT2D eigenvalue weighted by Crippen LogP contribution is 2.20. The lowest BCUT2D eigenvalue weighted by molar-refractivity contribution is 0.107. The maximum Gasteiger partial charge on any atom is 0.0561 e. The molecule has 0 fully saturated rings. The zero-order valence-electron chi connectivity index (χ0n) is 10.2. The highest BCUT2D eigenvalue weighted by Gasteiger charge is 2.13. The van der Waals surface area contributed by atoms with Crippen LogP contribution in [-0.4, -0.2) is 19.3 Å². The molecular weight excluding hydrogens is 186 g/mol. The van der Waals surface area contributed by atoms with Gasteiger partial charge in [-0.1, -0.05) is 24.5 Å². The van der Waals surface area contributed by atoms with Crippen LogP contribution >= 0.6 is 0 Å². The summed E-state index contributed by atoms with van der Waals surface area (Å²) in [7, 11) is 1.75. The zero-order chi connectivity index (χ0) is 11.1. The third-order valence-corrected chi connectivity index (χ3v) is 3.29. The van der Waals surface area contributed by atoms with E-state index < -0.39 is 0 Å². The first-order valence-electron chi connectivity index (χ1n) is 6.21. The molecular formula is C13H25NO. The van der Waals surface area contributed by atoms with Crippen molar-refractivity contribution in [1.82, 2.24) is 0 Å². The molecule has 2 unspecified atom stereocenters. The van der Waals surface area contributed by atoms with Gasteiger partial charge in [0, 0.05) is 13.2 Å². The summed E-state index contributed by atoms with van der Waals surface area (Å²) in [5, 5.41) is 0. The average molecular weight is 211 g/mol. The van der Waals surface area contributed by atoms with Crippen LogP contribution in [0, 0.1) is 0 Å². The van der Waals surface area contributed by atoms with E-state index in [1.165, 1.54) is 44.1 Å². The summed E-state index contributed by atoms with van der Waals surface area (Å²) in [6.45, 7) is 2.09. The number of rotatable bonds is 4. The summed E-state index contributed by atoms with van der Waals surface area (Å²) in [5.74, 6) is 0. The quantitative estimate of drug-likeness (QED) is 0.725. The van der Waals surface area contributed by atoms with E-state index in [2.05, 4.69) is 13.0 Å². The van der Waals surface area contributed by atoms with Crippen LogP contribution in [-0.2, 0) is 4.74 Å². The number of hydrogen-bond donors (Lipinski definition) is 1. The molecule has 0 aromatic carbocycles. The summed E-state index contributed by atoms with van der Waals surface area (Å²) in [6, 6.07) is 0.207. The Labute approximate surface area is 93.9 Å². The van der Waals surface area contributed by atoms with Gasteiger partial charge >= 0.3 is 0 Å². The Morgan fingerprint density at radius 3 is 2.80 bits per heavy atom. The lowest BCUT2D eigenvalue weighted by Crippen LogP contribution is -2.28. The summed E-state index contributed by atoms with van der Waals surface area (Å²) >= 11 is 0. The number of methoxy groups -OCH3 is 1. The lowest BCUT2D eigenvalue weighted by atomic mass is 9.93. The van der Waals surface area contributed by atoms with Gasteiger partial charge in [-0.2, -0.15) is 0 Å². The molecule has 0 amide bonds. The monoisotopic (exact) mass is 211 g/mol. The van der Waals surface area contributed by atoms with Gasteiger partial charge in [-0.15, -0.1) is 0 Å². The molecule has 0 saturated heterocycles. The van der Waals surface area contributed by atoms with Crippen LogP contribution in [0.15, 0.2) is 11.6 Å². The second-order valence-electron chi connectivity index (χ2n) is 4.62. The molecule has 0 bridgehead atoms. The fourth-order valence-corrected chi connectivity index (χ4v) is 2.16. The predicted octanol–water partition coefficient (Wildman–Crippen LogP) is 3.02. The van der Waals surface area contributed by atoms with Gasteiger partial charge in [0.05, 0.1) is 6.10 Å². The Morgan fingerprint density at radius 2 is 2.07 bits per heavy atom. The van der Waals surface area contributed by atoms with Gasteiger partial charge in [-0.05, 0) is 39.0 Å². The van der Waals surface area contributed by atoms with Crippen LogP contribution in [0.4, 0.5) is 0 Å². The Hall–Kier alpha value is -0.340. The highest BCUT2D eigenvalue weighted by molar-refractivity contribution is 5.11. The molecule has 0 heterocycles. The van der Waals surface area contributed by atoms with Crippen LogP contribution in [0.2, 0.25) is 0 Å². The average Bonchev–Trinajstić information content (AvgIpc) is 2.16. The van der Waals surface area contributed by atoms with E-state index in [0.29, 0.717) is 0 Å². The second-order valence-corrected chi connectivity index (χ2v) is 4.62. The molecule has 15 heavy (non-hydrogen) atoms. The van der Waals surface area contributed by atoms with Crippen LogP contribution in [0.3, 0.4) is 0 Å². The lowest BCUT2D eigenvalue weighted by Gasteiger charge is -2.21. The van der Waals surface area contributed by atoms with E-state index in [0.717, 1.165) is 6.42 Å². The molecule has 2 heteroatoms. The molecule has 2 N–H and O–H groups in total. The molecule has 2 atom stereocenters. The molecule has 1 aliphatic rings. The number of hydrogen-bond acceptors (Lipinski definition) is 2. The first kappa shape index (κ1) is 12.7. The minimum atomic E-state index is 0.207. The Kier molecular flexibility index (Phi) is 5.96. The Balaban J connectivity index is 2.44. The van der Waals surface area contributed by atoms with Crippen molar-refractivity contribution in [3.05, 3.63) is 11.6 Å². The number of nitrogens with two attached hydrogens (primary N) is 1. The third kappa shape index (κ3) is 4.80. The van der Waals surface area contributed by atoms with E-state index in [-0.39, 0.29) is 12.1 Å². The molecule has 0 saturated carbocycles. The van der Waals surface area contributed by atoms with Gasteiger partial charge in [0.25, 0.3) is 0 Å². The number of ether oxygens (including phenoxy) is 1. The topological polar surface area (TPSA) is 35.2 Å². The molecule has 0 aliphatic heterocycles. The van der Waals surface area contributed by atoms with Gasteiger partial charge in [-0.25, -0.2) is 0 Å². The molecule has 0 aromatic heterocycles. The van der Waals surface area contributed by atoms with Gasteiger partial charge in [-0.3, -0.25) is 0 Å². The fraction of sp³-hybridized carbons (Fsp3) is 0.846. The predicted molar refractivity (Wildman–Crippen MR) is 64.8 cm³/mol. The van der Waals surface area contributed by atoms with E-state index in [4.69, 9.17) is 10.5 Å². The third-order valence-electron chi connectivity index (χ3n) is 3.29. The van der Waals surface area contributed by atoms with Crippen molar-refractivity contribution >= 4 is 0 Å². The first-order valence-corrected chi connectivity index (χ1v) is 6.21. The van der Waals surface area contributed by atoms with Gasteiger partial charge in [0.15, 0.2) is 0 Å². The van der Waals surface area contributed by atoms with Crippen molar-refractivity contribution in [1.29, 1.82) is 0 Å².